The second-order valence-corrected chi connectivity index (χ2v) is 9.64. The molecule has 2 aliphatic rings. The fourth-order valence-corrected chi connectivity index (χ4v) is 5.55. The quantitative estimate of drug-likeness (QED) is 0.490. The summed E-state index contributed by atoms with van der Waals surface area (Å²) in [6.07, 6.45) is 3.41. The molecule has 0 bridgehead atoms. The van der Waals surface area contributed by atoms with E-state index >= 15 is 0 Å². The summed E-state index contributed by atoms with van der Waals surface area (Å²) >= 11 is 1.80. The minimum atomic E-state index is -3.22. The van der Waals surface area contributed by atoms with E-state index in [1.807, 2.05) is 11.6 Å². The lowest BCUT2D eigenvalue weighted by atomic mass is 10.1. The van der Waals surface area contributed by atoms with Crippen molar-refractivity contribution in [2.75, 3.05) is 43.4 Å². The van der Waals surface area contributed by atoms with E-state index in [2.05, 4.69) is 25.7 Å². The summed E-state index contributed by atoms with van der Waals surface area (Å²) in [7, 11) is -3.22. The first-order chi connectivity index (χ1) is 12.6. The van der Waals surface area contributed by atoms with Crippen LogP contribution in [0.2, 0.25) is 0 Å². The highest BCUT2D eigenvalue weighted by Crippen LogP contribution is 2.13. The Morgan fingerprint density at radius 2 is 2.23 bits per heavy atom. The van der Waals surface area contributed by atoms with Crippen LogP contribution in [0.3, 0.4) is 0 Å². The molecule has 1 saturated heterocycles. The van der Waals surface area contributed by atoms with Crippen LogP contribution in [0.5, 0.6) is 0 Å². The van der Waals surface area contributed by atoms with E-state index in [0.717, 1.165) is 43.3 Å². The fourth-order valence-electron chi connectivity index (χ4n) is 3.10. The van der Waals surface area contributed by atoms with Crippen molar-refractivity contribution in [2.24, 2.45) is 4.99 Å². The highest BCUT2D eigenvalue weighted by molar-refractivity contribution is 7.99. The Morgan fingerprint density at radius 1 is 1.42 bits per heavy atom. The largest absolute Gasteiger partial charge is 0.357 e. The summed E-state index contributed by atoms with van der Waals surface area (Å²) in [6, 6.07) is 0.206. The molecule has 1 aromatic rings. The van der Waals surface area contributed by atoms with Gasteiger partial charge in [0.2, 0.25) is 10.0 Å². The third kappa shape index (κ3) is 5.10. The van der Waals surface area contributed by atoms with Crippen LogP contribution in [0.1, 0.15) is 19.2 Å². The third-order valence-corrected chi connectivity index (χ3v) is 7.27. The summed E-state index contributed by atoms with van der Waals surface area (Å²) in [4.78, 5) is 8.70. The number of guanidine groups is 1. The van der Waals surface area contributed by atoms with Crippen LogP contribution in [0, 0.1) is 0 Å². The highest BCUT2D eigenvalue weighted by Gasteiger charge is 2.24. The molecular weight excluding hydrogens is 374 g/mol. The van der Waals surface area contributed by atoms with Crippen molar-refractivity contribution in [3.63, 3.8) is 0 Å². The summed E-state index contributed by atoms with van der Waals surface area (Å²) < 4.78 is 28.3. The monoisotopic (exact) mass is 401 g/mol. The summed E-state index contributed by atoms with van der Waals surface area (Å²) in [5.41, 5.74) is 0. The predicted octanol–water partition coefficient (Wildman–Crippen LogP) is -0.473. The molecule has 3 heterocycles. The Kier molecular flexibility index (Phi) is 6.76. The molecule has 0 saturated carbocycles. The number of aliphatic imine (C=N–C) groups is 1. The predicted molar refractivity (Wildman–Crippen MR) is 104 cm³/mol. The van der Waals surface area contributed by atoms with Crippen molar-refractivity contribution < 1.29 is 8.42 Å². The van der Waals surface area contributed by atoms with Gasteiger partial charge in [-0.05, 0) is 13.3 Å². The van der Waals surface area contributed by atoms with E-state index in [1.165, 1.54) is 0 Å². The van der Waals surface area contributed by atoms with Crippen LogP contribution in [0.4, 0.5) is 0 Å². The Hall–Kier alpha value is -1.33. The molecule has 2 aliphatic heterocycles. The number of aromatic nitrogens is 3. The lowest BCUT2D eigenvalue weighted by Crippen LogP contribution is -2.47. The van der Waals surface area contributed by atoms with Crippen LogP contribution in [-0.2, 0) is 23.0 Å². The second-order valence-electron chi connectivity index (χ2n) is 6.33. The van der Waals surface area contributed by atoms with Gasteiger partial charge in [-0.2, -0.15) is 16.9 Å². The number of fused-ring (bicyclic) bond motifs is 1. The highest BCUT2D eigenvalue weighted by atomic mass is 32.2. The molecule has 26 heavy (non-hydrogen) atoms. The zero-order valence-electron chi connectivity index (χ0n) is 15.1. The molecule has 2 N–H and O–H groups in total. The topological polar surface area (TPSA) is 105 Å². The number of thioether (sulfide) groups is 1. The van der Waals surface area contributed by atoms with Crippen molar-refractivity contribution in [3.05, 3.63) is 12.2 Å². The molecule has 11 heteroatoms. The van der Waals surface area contributed by atoms with Gasteiger partial charge in [-0.3, -0.25) is 4.99 Å². The van der Waals surface area contributed by atoms with E-state index in [-0.39, 0.29) is 18.3 Å². The Balaban J connectivity index is 1.54. The van der Waals surface area contributed by atoms with Crippen LogP contribution in [0.25, 0.3) is 0 Å². The van der Waals surface area contributed by atoms with E-state index < -0.39 is 10.0 Å². The standard InChI is InChI=1S/C15H27N7O2S2/c1-2-16-15(20-13-3-4-14-18-12-19-22(14)11-13)17-5-10-26(23,24)21-6-8-25-9-7-21/h12-13H,2-11H2,1H3,(H2,16,17,20). The van der Waals surface area contributed by atoms with Gasteiger partial charge in [-0.25, -0.2) is 22.4 Å². The zero-order valence-corrected chi connectivity index (χ0v) is 16.7. The van der Waals surface area contributed by atoms with Crippen molar-refractivity contribution in [3.8, 4) is 0 Å². The third-order valence-electron chi connectivity index (χ3n) is 4.47. The average molecular weight is 402 g/mol. The zero-order chi connectivity index (χ0) is 18.4. The molecule has 146 valence electrons. The first kappa shape index (κ1) is 19.4. The lowest BCUT2D eigenvalue weighted by Gasteiger charge is -2.26. The number of nitrogens with zero attached hydrogens (tertiary/aromatic N) is 5. The molecule has 0 aromatic carbocycles. The van der Waals surface area contributed by atoms with E-state index in [4.69, 9.17) is 0 Å². The van der Waals surface area contributed by atoms with Crippen LogP contribution >= 0.6 is 11.8 Å². The fraction of sp³-hybridized carbons (Fsp3) is 0.800. The number of aryl methyl sites for hydroxylation is 1. The van der Waals surface area contributed by atoms with Crippen molar-refractivity contribution in [1.82, 2.24) is 29.7 Å². The Morgan fingerprint density at radius 3 is 3.00 bits per heavy atom. The van der Waals surface area contributed by atoms with Gasteiger partial charge >= 0.3 is 0 Å². The van der Waals surface area contributed by atoms with E-state index in [0.29, 0.717) is 19.0 Å². The van der Waals surface area contributed by atoms with Crippen LogP contribution in [0.15, 0.2) is 11.3 Å². The number of hydrogen-bond donors (Lipinski definition) is 2. The van der Waals surface area contributed by atoms with Gasteiger partial charge in [0.1, 0.15) is 12.2 Å². The summed E-state index contributed by atoms with van der Waals surface area (Å²) in [6.45, 7) is 4.93. The van der Waals surface area contributed by atoms with Gasteiger partial charge in [-0.15, -0.1) is 0 Å². The van der Waals surface area contributed by atoms with E-state index in [1.54, 1.807) is 22.4 Å². The summed E-state index contributed by atoms with van der Waals surface area (Å²) in [5.74, 6) is 3.46. The maximum Gasteiger partial charge on any atom is 0.215 e. The van der Waals surface area contributed by atoms with Gasteiger partial charge in [-0.1, -0.05) is 0 Å². The molecule has 0 amide bonds. The number of hydrogen-bond acceptors (Lipinski definition) is 6. The molecule has 0 spiro atoms. The molecule has 1 atom stereocenters. The number of sulfonamides is 1. The van der Waals surface area contributed by atoms with Crippen molar-refractivity contribution in [1.29, 1.82) is 0 Å². The smallest absolute Gasteiger partial charge is 0.215 e. The first-order valence-corrected chi connectivity index (χ1v) is 11.8. The second kappa shape index (κ2) is 9.05. The molecule has 0 aliphatic carbocycles. The van der Waals surface area contributed by atoms with Gasteiger partial charge in [0.15, 0.2) is 5.96 Å². The number of rotatable bonds is 6. The van der Waals surface area contributed by atoms with Crippen molar-refractivity contribution in [2.45, 2.75) is 32.4 Å². The van der Waals surface area contributed by atoms with Gasteiger partial charge in [0, 0.05) is 43.6 Å². The molecule has 1 unspecified atom stereocenters. The lowest BCUT2D eigenvalue weighted by molar-refractivity contribution is 0.393. The van der Waals surface area contributed by atoms with Crippen LogP contribution < -0.4 is 10.6 Å². The molecule has 3 rings (SSSR count). The van der Waals surface area contributed by atoms with Gasteiger partial charge in [0.05, 0.1) is 18.8 Å². The van der Waals surface area contributed by atoms with E-state index in [9.17, 15) is 8.42 Å². The normalized spacial score (nSPS) is 22.0. The first-order valence-electron chi connectivity index (χ1n) is 9.05. The SMILES string of the molecule is CCNC(=NCCS(=O)(=O)N1CCSCC1)NC1CCc2ncnn2C1. The average Bonchev–Trinajstić information content (AvgIpc) is 3.10. The Bertz CT molecular complexity index is 713. The van der Waals surface area contributed by atoms with Crippen LogP contribution in [-0.4, -0.2) is 82.9 Å². The minimum absolute atomic E-state index is 0.0477. The summed E-state index contributed by atoms with van der Waals surface area (Å²) in [5, 5.41) is 10.8. The van der Waals surface area contributed by atoms with Crippen molar-refractivity contribution >= 4 is 27.7 Å². The molecule has 9 nitrogen and oxygen atoms in total. The van der Waals surface area contributed by atoms with Gasteiger partial charge in [0.25, 0.3) is 0 Å². The number of nitrogens with one attached hydrogen (secondary N) is 2. The molecule has 1 fully saturated rings. The minimum Gasteiger partial charge on any atom is -0.357 e. The Labute approximate surface area is 159 Å². The maximum absolute atomic E-state index is 12.4. The molecule has 1 aromatic heterocycles. The molecular formula is C15H27N7O2S2. The maximum atomic E-state index is 12.4. The molecule has 0 radical (unpaired) electrons. The van der Waals surface area contributed by atoms with Gasteiger partial charge < -0.3 is 10.6 Å².